The second-order valence-electron chi connectivity index (χ2n) is 5.70. The van der Waals surface area contributed by atoms with E-state index in [0.717, 1.165) is 4.90 Å². The molecule has 12 heteroatoms. The SMILES string of the molecule is Cl.Cl.O=C(O)[C@@H]1CN(C(=O)c2cn[nH]c2-c2ccncc2)C[C@H]1C(F)(F)F. The van der Waals surface area contributed by atoms with Crippen LogP contribution in [0.15, 0.2) is 30.7 Å². The highest BCUT2D eigenvalue weighted by Crippen LogP contribution is 2.38. The van der Waals surface area contributed by atoms with Gasteiger partial charge in [0.15, 0.2) is 0 Å². The predicted octanol–water partition coefficient (Wildman–Crippen LogP) is 2.65. The van der Waals surface area contributed by atoms with Gasteiger partial charge in [-0.05, 0) is 12.1 Å². The van der Waals surface area contributed by atoms with Crippen LogP contribution >= 0.6 is 24.8 Å². The second-order valence-corrected chi connectivity index (χ2v) is 5.70. The van der Waals surface area contributed by atoms with E-state index < -0.39 is 43.0 Å². The third kappa shape index (κ3) is 4.51. The Morgan fingerprint density at radius 1 is 1.19 bits per heavy atom. The van der Waals surface area contributed by atoms with Gasteiger partial charge in [-0.25, -0.2) is 0 Å². The molecule has 1 amide bonds. The first kappa shape index (κ1) is 22.7. The van der Waals surface area contributed by atoms with E-state index in [2.05, 4.69) is 15.2 Å². The number of hydrogen-bond donors (Lipinski definition) is 2. The summed E-state index contributed by atoms with van der Waals surface area (Å²) in [5.74, 6) is -6.04. The fraction of sp³-hybridized carbons (Fsp3) is 0.333. The van der Waals surface area contributed by atoms with Gasteiger partial charge in [0.1, 0.15) is 0 Å². The van der Waals surface area contributed by atoms with Crippen molar-refractivity contribution in [1.82, 2.24) is 20.1 Å². The molecular formula is C15H15Cl2F3N4O3. The highest BCUT2D eigenvalue weighted by Gasteiger charge is 2.53. The van der Waals surface area contributed by atoms with E-state index >= 15 is 0 Å². The Kier molecular flexibility index (Phi) is 7.21. The fourth-order valence-corrected chi connectivity index (χ4v) is 2.91. The number of H-pyrrole nitrogens is 1. The highest BCUT2D eigenvalue weighted by molar-refractivity contribution is 6.00. The van der Waals surface area contributed by atoms with Crippen LogP contribution in [-0.4, -0.2) is 56.3 Å². The molecule has 1 saturated heterocycles. The molecular weight excluding hydrogens is 412 g/mol. The van der Waals surface area contributed by atoms with Crippen LogP contribution < -0.4 is 0 Å². The van der Waals surface area contributed by atoms with Gasteiger partial charge in [0, 0.05) is 31.0 Å². The van der Waals surface area contributed by atoms with Crippen LogP contribution in [0.1, 0.15) is 10.4 Å². The first-order valence-electron chi connectivity index (χ1n) is 7.31. The van der Waals surface area contributed by atoms with Gasteiger partial charge >= 0.3 is 12.1 Å². The van der Waals surface area contributed by atoms with Crippen molar-refractivity contribution in [3.05, 3.63) is 36.3 Å². The van der Waals surface area contributed by atoms with Crippen LogP contribution in [0.5, 0.6) is 0 Å². The summed E-state index contributed by atoms with van der Waals surface area (Å²) in [5, 5.41) is 15.5. The quantitative estimate of drug-likeness (QED) is 0.785. The number of nitrogens with zero attached hydrogens (tertiary/aromatic N) is 3. The van der Waals surface area contributed by atoms with Crippen molar-refractivity contribution < 1.29 is 27.9 Å². The van der Waals surface area contributed by atoms with Crippen LogP contribution in [0, 0.1) is 11.8 Å². The van der Waals surface area contributed by atoms with E-state index in [1.54, 1.807) is 12.1 Å². The van der Waals surface area contributed by atoms with Crippen LogP contribution in [0.2, 0.25) is 0 Å². The van der Waals surface area contributed by atoms with Gasteiger partial charge < -0.3 is 10.0 Å². The van der Waals surface area contributed by atoms with Crippen molar-refractivity contribution in [2.75, 3.05) is 13.1 Å². The molecule has 2 aromatic rings. The minimum Gasteiger partial charge on any atom is -0.481 e. The van der Waals surface area contributed by atoms with Crippen molar-refractivity contribution in [3.63, 3.8) is 0 Å². The van der Waals surface area contributed by atoms with Crippen molar-refractivity contribution in [2.45, 2.75) is 6.18 Å². The Bertz CT molecular complexity index is 801. The number of aromatic amines is 1. The van der Waals surface area contributed by atoms with Gasteiger partial charge in [-0.1, -0.05) is 0 Å². The number of carboxylic acids is 1. The number of pyridine rings is 1. The molecule has 2 aromatic heterocycles. The van der Waals surface area contributed by atoms with Crippen LogP contribution in [0.25, 0.3) is 11.3 Å². The molecule has 2 atom stereocenters. The first-order valence-corrected chi connectivity index (χ1v) is 7.31. The maximum atomic E-state index is 13.1. The first-order chi connectivity index (χ1) is 11.8. The lowest BCUT2D eigenvalue weighted by molar-refractivity contribution is -0.187. The number of carboxylic acid groups (broad SMARTS) is 1. The number of halogens is 5. The number of carbonyl (C=O) groups excluding carboxylic acids is 1. The summed E-state index contributed by atoms with van der Waals surface area (Å²) in [5.41, 5.74) is 1.02. The van der Waals surface area contributed by atoms with Crippen molar-refractivity contribution >= 4 is 36.7 Å². The molecule has 1 aliphatic heterocycles. The minimum atomic E-state index is -4.69. The van der Waals surface area contributed by atoms with Gasteiger partial charge in [-0.15, -0.1) is 24.8 Å². The van der Waals surface area contributed by atoms with E-state index in [9.17, 15) is 22.8 Å². The number of carbonyl (C=O) groups is 2. The third-order valence-electron chi connectivity index (χ3n) is 4.18. The van der Waals surface area contributed by atoms with Gasteiger partial charge in [0.2, 0.25) is 0 Å². The van der Waals surface area contributed by atoms with Crippen LogP contribution in [-0.2, 0) is 4.79 Å². The number of alkyl halides is 3. The van der Waals surface area contributed by atoms with Gasteiger partial charge in [-0.2, -0.15) is 18.3 Å². The summed E-state index contributed by atoms with van der Waals surface area (Å²) in [6, 6.07) is 3.24. The minimum absolute atomic E-state index is 0. The Labute approximate surface area is 163 Å². The molecule has 0 aliphatic carbocycles. The number of amides is 1. The molecule has 0 radical (unpaired) electrons. The lowest BCUT2D eigenvalue weighted by Crippen LogP contribution is -2.34. The van der Waals surface area contributed by atoms with Crippen LogP contribution in [0.3, 0.4) is 0 Å². The van der Waals surface area contributed by atoms with Gasteiger partial charge in [-0.3, -0.25) is 19.7 Å². The van der Waals surface area contributed by atoms with Crippen molar-refractivity contribution in [2.24, 2.45) is 11.8 Å². The Morgan fingerprint density at radius 2 is 1.81 bits per heavy atom. The summed E-state index contributed by atoms with van der Waals surface area (Å²) >= 11 is 0. The van der Waals surface area contributed by atoms with Crippen LogP contribution in [0.4, 0.5) is 13.2 Å². The molecule has 0 unspecified atom stereocenters. The normalized spacial score (nSPS) is 19.1. The fourth-order valence-electron chi connectivity index (χ4n) is 2.91. The van der Waals surface area contributed by atoms with E-state index in [1.165, 1.54) is 18.6 Å². The Hall–Kier alpha value is -2.33. The maximum Gasteiger partial charge on any atom is 0.394 e. The summed E-state index contributed by atoms with van der Waals surface area (Å²) in [6.45, 7) is -1.19. The summed E-state index contributed by atoms with van der Waals surface area (Å²) in [4.78, 5) is 28.5. The molecule has 148 valence electrons. The molecule has 1 fully saturated rings. The number of rotatable bonds is 3. The molecule has 3 rings (SSSR count). The molecule has 27 heavy (non-hydrogen) atoms. The Balaban J connectivity index is 0.00000182. The molecule has 0 spiro atoms. The number of aromatic nitrogens is 3. The highest BCUT2D eigenvalue weighted by atomic mass is 35.5. The molecule has 2 N–H and O–H groups in total. The number of hydrogen-bond acceptors (Lipinski definition) is 4. The molecule has 0 aromatic carbocycles. The van der Waals surface area contributed by atoms with E-state index in [0.29, 0.717) is 11.3 Å². The zero-order valence-electron chi connectivity index (χ0n) is 13.5. The van der Waals surface area contributed by atoms with Crippen molar-refractivity contribution in [3.8, 4) is 11.3 Å². The maximum absolute atomic E-state index is 13.1. The van der Waals surface area contributed by atoms with E-state index in [1.807, 2.05) is 0 Å². The number of likely N-dealkylation sites (tertiary alicyclic amines) is 1. The molecule has 3 heterocycles. The standard InChI is InChI=1S/C15H13F3N4O3.2ClH/c16-15(17,18)11-7-22(6-10(11)14(24)25)13(23)9-5-20-21-12(9)8-1-3-19-4-2-8;;/h1-5,10-11H,6-7H2,(H,20,21)(H,24,25);2*1H/t10-,11-;;/m1../s1. The zero-order valence-corrected chi connectivity index (χ0v) is 15.1. The lowest BCUT2D eigenvalue weighted by Gasteiger charge is -2.18. The summed E-state index contributed by atoms with van der Waals surface area (Å²) in [7, 11) is 0. The lowest BCUT2D eigenvalue weighted by atomic mass is 9.96. The summed E-state index contributed by atoms with van der Waals surface area (Å²) < 4.78 is 39.2. The summed E-state index contributed by atoms with van der Waals surface area (Å²) in [6.07, 6.45) is -0.474. The van der Waals surface area contributed by atoms with E-state index in [4.69, 9.17) is 5.11 Å². The third-order valence-corrected chi connectivity index (χ3v) is 4.18. The second kappa shape index (κ2) is 8.57. The number of nitrogens with one attached hydrogen (secondary N) is 1. The zero-order chi connectivity index (χ0) is 18.2. The number of aliphatic carboxylic acids is 1. The van der Waals surface area contributed by atoms with E-state index in [-0.39, 0.29) is 30.4 Å². The topological polar surface area (TPSA) is 99.2 Å². The molecule has 0 saturated carbocycles. The molecule has 1 aliphatic rings. The van der Waals surface area contributed by atoms with Gasteiger partial charge in [0.25, 0.3) is 5.91 Å². The average Bonchev–Trinajstić information content (AvgIpc) is 3.22. The average molecular weight is 427 g/mol. The molecule has 0 bridgehead atoms. The molecule has 7 nitrogen and oxygen atoms in total. The predicted molar refractivity (Wildman–Crippen MR) is 92.9 cm³/mol. The van der Waals surface area contributed by atoms with Gasteiger partial charge in [0.05, 0.1) is 29.3 Å². The van der Waals surface area contributed by atoms with Crippen molar-refractivity contribution in [1.29, 1.82) is 0 Å². The monoisotopic (exact) mass is 426 g/mol. The largest absolute Gasteiger partial charge is 0.481 e. The Morgan fingerprint density at radius 3 is 2.33 bits per heavy atom. The smallest absolute Gasteiger partial charge is 0.394 e.